The number of rotatable bonds is 6. The summed E-state index contributed by atoms with van der Waals surface area (Å²) in [7, 11) is 0. The molecule has 0 bridgehead atoms. The zero-order chi connectivity index (χ0) is 16.1. The molecule has 1 atom stereocenters. The first-order valence-corrected chi connectivity index (χ1v) is 7.87. The lowest BCUT2D eigenvalue weighted by molar-refractivity contribution is -0.115. The quantitative estimate of drug-likeness (QED) is 0.631. The summed E-state index contributed by atoms with van der Waals surface area (Å²) >= 11 is 1.30. The number of hydrogen-bond acceptors (Lipinski definition) is 5. The number of amides is 1. The van der Waals surface area contributed by atoms with Gasteiger partial charge in [-0.05, 0) is 38.1 Å². The second-order valence-electron chi connectivity index (χ2n) is 4.80. The topological polar surface area (TPSA) is 87.7 Å². The van der Waals surface area contributed by atoms with E-state index in [9.17, 15) is 9.59 Å². The number of H-pyrrole nitrogens is 1. The number of Topliss-reactive ketones (excluding diaryl/α,β-unsaturated/α-hetero) is 1. The summed E-state index contributed by atoms with van der Waals surface area (Å²) in [4.78, 5) is 27.6. The number of nitrogens with one attached hydrogen (secondary N) is 2. The first-order valence-electron chi connectivity index (χ1n) is 6.99. The van der Waals surface area contributed by atoms with Crippen LogP contribution in [-0.2, 0) is 11.2 Å². The van der Waals surface area contributed by atoms with Gasteiger partial charge in [0.05, 0.1) is 5.25 Å². The van der Waals surface area contributed by atoms with E-state index in [1.807, 2.05) is 6.92 Å². The molecule has 0 saturated heterocycles. The number of carbonyl (C=O) groups excluding carboxylic acids is 2. The van der Waals surface area contributed by atoms with Gasteiger partial charge in [0.15, 0.2) is 5.78 Å². The Morgan fingerprint density at radius 1 is 1.32 bits per heavy atom. The van der Waals surface area contributed by atoms with Crippen molar-refractivity contribution >= 4 is 29.1 Å². The zero-order valence-corrected chi connectivity index (χ0v) is 13.5. The maximum absolute atomic E-state index is 12.1. The summed E-state index contributed by atoms with van der Waals surface area (Å²) in [5.74, 6) is 0.663. The number of anilines is 1. The average Bonchev–Trinajstić information content (AvgIpc) is 2.95. The van der Waals surface area contributed by atoms with Crippen LogP contribution in [-0.4, -0.2) is 32.1 Å². The van der Waals surface area contributed by atoms with Gasteiger partial charge < -0.3 is 5.32 Å². The normalized spacial score (nSPS) is 12.0. The highest BCUT2D eigenvalue weighted by Gasteiger charge is 2.17. The van der Waals surface area contributed by atoms with E-state index >= 15 is 0 Å². The average molecular weight is 318 g/mol. The molecule has 0 unspecified atom stereocenters. The standard InChI is InChI=1S/C15H18N4O2S/c1-4-13-17-15(19-18-13)22-10(3)14(21)16-12-7-5-11(6-8-12)9(2)20/h5-8,10H,4H2,1-3H3,(H,16,21)(H,17,18,19)/t10-/m1/s1. The van der Waals surface area contributed by atoms with E-state index in [0.29, 0.717) is 16.4 Å². The Morgan fingerprint density at radius 3 is 2.55 bits per heavy atom. The van der Waals surface area contributed by atoms with Crippen molar-refractivity contribution in [3.05, 3.63) is 35.7 Å². The molecule has 1 amide bonds. The van der Waals surface area contributed by atoms with E-state index in [2.05, 4.69) is 20.5 Å². The molecule has 0 fully saturated rings. The van der Waals surface area contributed by atoms with E-state index in [1.165, 1.54) is 18.7 Å². The van der Waals surface area contributed by atoms with Crippen LogP contribution in [0, 0.1) is 0 Å². The van der Waals surface area contributed by atoms with Crippen LogP contribution in [0.25, 0.3) is 0 Å². The van der Waals surface area contributed by atoms with Crippen molar-refractivity contribution in [1.82, 2.24) is 15.2 Å². The first kappa shape index (κ1) is 16.2. The minimum absolute atomic E-state index is 0.00173. The fourth-order valence-corrected chi connectivity index (χ4v) is 2.48. The molecule has 22 heavy (non-hydrogen) atoms. The SMILES string of the molecule is CCc1nc(S[C@H](C)C(=O)Nc2ccc(C(C)=O)cc2)n[nH]1. The van der Waals surface area contributed by atoms with Crippen molar-refractivity contribution in [2.75, 3.05) is 5.32 Å². The molecule has 116 valence electrons. The number of thioether (sulfide) groups is 1. The van der Waals surface area contributed by atoms with Crippen molar-refractivity contribution in [3.63, 3.8) is 0 Å². The maximum atomic E-state index is 12.1. The second-order valence-corrected chi connectivity index (χ2v) is 6.11. The Kier molecular flexibility index (Phi) is 5.32. The monoisotopic (exact) mass is 318 g/mol. The number of hydrogen-bond donors (Lipinski definition) is 2. The van der Waals surface area contributed by atoms with E-state index in [-0.39, 0.29) is 16.9 Å². The van der Waals surface area contributed by atoms with E-state index < -0.39 is 0 Å². The molecule has 7 heteroatoms. The van der Waals surface area contributed by atoms with Crippen LogP contribution in [0.3, 0.4) is 0 Å². The van der Waals surface area contributed by atoms with Gasteiger partial charge in [-0.3, -0.25) is 14.7 Å². The van der Waals surface area contributed by atoms with Crippen LogP contribution >= 0.6 is 11.8 Å². The molecule has 0 aliphatic heterocycles. The van der Waals surface area contributed by atoms with E-state index in [0.717, 1.165) is 12.2 Å². The van der Waals surface area contributed by atoms with Crippen molar-refractivity contribution in [2.24, 2.45) is 0 Å². The van der Waals surface area contributed by atoms with Gasteiger partial charge in [-0.15, -0.1) is 5.10 Å². The molecule has 1 aromatic carbocycles. The Hall–Kier alpha value is -2.15. The molecule has 2 rings (SSSR count). The predicted molar refractivity (Wildman–Crippen MR) is 86.2 cm³/mol. The Labute approximate surface area is 133 Å². The van der Waals surface area contributed by atoms with Gasteiger partial charge in [0.25, 0.3) is 0 Å². The van der Waals surface area contributed by atoms with Crippen LogP contribution in [0.4, 0.5) is 5.69 Å². The van der Waals surface area contributed by atoms with Crippen LogP contribution in [0.15, 0.2) is 29.4 Å². The van der Waals surface area contributed by atoms with Crippen molar-refractivity contribution in [3.8, 4) is 0 Å². The largest absolute Gasteiger partial charge is 0.325 e. The Balaban J connectivity index is 1.94. The van der Waals surface area contributed by atoms with Gasteiger partial charge in [-0.25, -0.2) is 4.98 Å². The fourth-order valence-electron chi connectivity index (χ4n) is 1.73. The maximum Gasteiger partial charge on any atom is 0.237 e. The third-order valence-electron chi connectivity index (χ3n) is 3.06. The lowest BCUT2D eigenvalue weighted by Gasteiger charge is -2.10. The summed E-state index contributed by atoms with van der Waals surface area (Å²) in [5.41, 5.74) is 1.28. The Bertz CT molecular complexity index is 666. The molecular weight excluding hydrogens is 300 g/mol. The summed E-state index contributed by atoms with van der Waals surface area (Å²) in [6.45, 7) is 5.29. The molecule has 0 aliphatic rings. The van der Waals surface area contributed by atoms with E-state index in [4.69, 9.17) is 0 Å². The van der Waals surface area contributed by atoms with Crippen LogP contribution in [0.1, 0.15) is 37.0 Å². The molecular formula is C15H18N4O2S. The third kappa shape index (κ3) is 4.17. The minimum atomic E-state index is -0.326. The smallest absolute Gasteiger partial charge is 0.237 e. The highest BCUT2D eigenvalue weighted by atomic mass is 32.2. The zero-order valence-electron chi connectivity index (χ0n) is 12.7. The summed E-state index contributed by atoms with van der Waals surface area (Å²) < 4.78 is 0. The molecule has 6 nitrogen and oxygen atoms in total. The summed E-state index contributed by atoms with van der Waals surface area (Å²) in [5, 5.41) is 9.93. The molecule has 0 radical (unpaired) electrons. The second kappa shape index (κ2) is 7.22. The number of carbonyl (C=O) groups is 2. The summed E-state index contributed by atoms with van der Waals surface area (Å²) in [6, 6.07) is 6.82. The van der Waals surface area contributed by atoms with Gasteiger partial charge in [0.1, 0.15) is 5.82 Å². The highest BCUT2D eigenvalue weighted by molar-refractivity contribution is 8.00. The van der Waals surface area contributed by atoms with Gasteiger partial charge in [-0.1, -0.05) is 18.7 Å². The summed E-state index contributed by atoms with van der Waals surface area (Å²) in [6.07, 6.45) is 0.774. The highest BCUT2D eigenvalue weighted by Crippen LogP contribution is 2.21. The number of ketones is 1. The number of aromatic nitrogens is 3. The molecule has 1 aromatic heterocycles. The van der Waals surface area contributed by atoms with Crippen molar-refractivity contribution in [1.29, 1.82) is 0 Å². The lowest BCUT2D eigenvalue weighted by Crippen LogP contribution is -2.22. The van der Waals surface area contributed by atoms with E-state index in [1.54, 1.807) is 31.2 Å². The van der Waals surface area contributed by atoms with Gasteiger partial charge in [0.2, 0.25) is 11.1 Å². The van der Waals surface area contributed by atoms with Crippen LogP contribution < -0.4 is 5.32 Å². The molecule has 2 aromatic rings. The lowest BCUT2D eigenvalue weighted by atomic mass is 10.1. The number of aromatic amines is 1. The molecule has 0 aliphatic carbocycles. The van der Waals surface area contributed by atoms with Gasteiger partial charge >= 0.3 is 0 Å². The fraction of sp³-hybridized carbons (Fsp3) is 0.333. The van der Waals surface area contributed by atoms with Crippen molar-refractivity contribution < 1.29 is 9.59 Å². The number of aryl methyl sites for hydroxylation is 1. The molecule has 0 saturated carbocycles. The molecule has 2 N–H and O–H groups in total. The van der Waals surface area contributed by atoms with Gasteiger partial charge in [-0.2, -0.15) is 0 Å². The van der Waals surface area contributed by atoms with Crippen LogP contribution in [0.5, 0.6) is 0 Å². The number of nitrogens with zero attached hydrogens (tertiary/aromatic N) is 2. The van der Waals surface area contributed by atoms with Crippen molar-refractivity contribution in [2.45, 2.75) is 37.6 Å². The Morgan fingerprint density at radius 2 is 2.00 bits per heavy atom. The van der Waals surface area contributed by atoms with Gasteiger partial charge in [0, 0.05) is 17.7 Å². The number of benzene rings is 1. The predicted octanol–water partition coefficient (Wildman–Crippen LogP) is 2.69. The minimum Gasteiger partial charge on any atom is -0.325 e. The third-order valence-corrected chi connectivity index (χ3v) is 4.02. The molecule has 1 heterocycles. The molecule has 0 spiro atoms. The first-order chi connectivity index (χ1) is 10.5. The van der Waals surface area contributed by atoms with Crippen LogP contribution in [0.2, 0.25) is 0 Å².